The molecule has 0 bridgehead atoms. The predicted octanol–water partition coefficient (Wildman–Crippen LogP) is 11.5. The molecule has 1 heterocycles. The molecular weight excluding hydrogens is 570 g/mol. The minimum absolute atomic E-state index is 0.0416. The molecule has 0 amide bonds. The first-order valence-electron chi connectivity index (χ1n) is 16.8. The van der Waals surface area contributed by atoms with E-state index in [1.54, 1.807) is 33.1 Å². The fraction of sp³-hybridized carbons (Fsp3) is 0.590. The maximum atomic E-state index is 12.6. The third kappa shape index (κ3) is 15.7. The molecule has 0 fully saturated rings. The van der Waals surface area contributed by atoms with E-state index in [9.17, 15) is 18.4 Å². The number of rotatable bonds is 13. The van der Waals surface area contributed by atoms with E-state index in [1.165, 1.54) is 50.3 Å². The zero-order valence-electron chi connectivity index (χ0n) is 29.8. The summed E-state index contributed by atoms with van der Waals surface area (Å²) >= 11 is 0. The first-order valence-corrected chi connectivity index (χ1v) is 16.8. The number of hydrogen-bond acceptors (Lipinski definition) is 4. The first kappa shape index (κ1) is 42.0. The SMILES string of the molecule is CCCC.CCCC.CCCC1(CCCCCc2ccc(OC)cc2)OC(=O)C(C)=C1C(C)=O.Cc1cccc(C(C)(F)F)c1. The molecule has 0 radical (unpaired) electrons. The summed E-state index contributed by atoms with van der Waals surface area (Å²) in [7, 11) is 1.67. The molecule has 1 aliphatic heterocycles. The van der Waals surface area contributed by atoms with Gasteiger partial charge in [0, 0.05) is 23.6 Å². The van der Waals surface area contributed by atoms with Gasteiger partial charge in [0.15, 0.2) is 5.78 Å². The van der Waals surface area contributed by atoms with Crippen LogP contribution < -0.4 is 4.74 Å². The minimum atomic E-state index is -2.72. The van der Waals surface area contributed by atoms with Crippen LogP contribution >= 0.6 is 0 Å². The Morgan fingerprint density at radius 2 is 1.42 bits per heavy atom. The summed E-state index contributed by atoms with van der Waals surface area (Å²) in [6.45, 7) is 16.7. The Hall–Kier alpha value is -3.02. The van der Waals surface area contributed by atoms with Crippen LogP contribution in [0.25, 0.3) is 0 Å². The quantitative estimate of drug-likeness (QED) is 0.163. The summed E-state index contributed by atoms with van der Waals surface area (Å²) in [4.78, 5) is 24.2. The van der Waals surface area contributed by atoms with Gasteiger partial charge in [-0.3, -0.25) is 4.79 Å². The molecule has 0 aromatic heterocycles. The number of hydrogen-bond donors (Lipinski definition) is 0. The van der Waals surface area contributed by atoms with Gasteiger partial charge in [-0.2, -0.15) is 0 Å². The average molecular weight is 631 g/mol. The van der Waals surface area contributed by atoms with Crippen LogP contribution in [-0.2, 0) is 26.7 Å². The predicted molar refractivity (Wildman–Crippen MR) is 184 cm³/mol. The summed E-state index contributed by atoms with van der Waals surface area (Å²) < 4.78 is 36.2. The second-order valence-electron chi connectivity index (χ2n) is 11.9. The normalized spacial score (nSPS) is 15.5. The molecule has 2 aromatic rings. The van der Waals surface area contributed by atoms with E-state index in [4.69, 9.17) is 9.47 Å². The Bertz CT molecular complexity index is 1140. The lowest BCUT2D eigenvalue weighted by atomic mass is 9.81. The first-order chi connectivity index (χ1) is 21.3. The highest BCUT2D eigenvalue weighted by atomic mass is 19.3. The number of ether oxygens (including phenoxy) is 2. The van der Waals surface area contributed by atoms with Crippen LogP contribution in [0.1, 0.15) is 136 Å². The zero-order chi connectivity index (χ0) is 34.5. The van der Waals surface area contributed by atoms with Crippen LogP contribution in [0.5, 0.6) is 5.75 Å². The van der Waals surface area contributed by atoms with Crippen molar-refractivity contribution in [2.24, 2.45) is 0 Å². The maximum absolute atomic E-state index is 12.6. The molecule has 3 rings (SSSR count). The molecular formula is C39H60F2O4. The van der Waals surface area contributed by atoms with Gasteiger partial charge in [0.2, 0.25) is 0 Å². The van der Waals surface area contributed by atoms with Crippen molar-refractivity contribution < 1.29 is 27.8 Å². The molecule has 4 nitrogen and oxygen atoms in total. The molecule has 254 valence electrons. The standard InChI is InChI=1S/C22H30O4.C9H10F2.2C4H10/c1-5-14-22(20(17(3)23)16(2)21(24)26-22)15-8-6-7-9-18-10-12-19(25-4)13-11-18;1-7-4-3-5-8(6-7)9(2,10)11;2*1-3-4-2/h10-13H,5-9,14-15H2,1-4H3;3-6H,1-2H3;2*3-4H2,1-2H3. The van der Waals surface area contributed by atoms with E-state index in [0.29, 0.717) is 17.6 Å². The number of methoxy groups -OCH3 is 1. The Balaban J connectivity index is 0.000000832. The van der Waals surface area contributed by atoms with Gasteiger partial charge in [-0.05, 0) is 70.6 Å². The van der Waals surface area contributed by atoms with Gasteiger partial charge in [-0.1, -0.05) is 115 Å². The number of benzene rings is 2. The van der Waals surface area contributed by atoms with Crippen molar-refractivity contribution in [1.29, 1.82) is 0 Å². The van der Waals surface area contributed by atoms with E-state index in [0.717, 1.165) is 56.8 Å². The Labute approximate surface area is 273 Å². The number of ketones is 1. The number of carbonyl (C=O) groups is 2. The number of esters is 1. The molecule has 2 aromatic carbocycles. The molecule has 45 heavy (non-hydrogen) atoms. The van der Waals surface area contributed by atoms with Crippen molar-refractivity contribution in [3.8, 4) is 5.75 Å². The number of Topliss-reactive ketones (excluding diaryl/α,β-unsaturated/α-hetero) is 1. The molecule has 0 aliphatic carbocycles. The molecule has 0 spiro atoms. The van der Waals surface area contributed by atoms with Gasteiger partial charge >= 0.3 is 5.97 Å². The summed E-state index contributed by atoms with van der Waals surface area (Å²) in [6.07, 6.45) is 11.7. The van der Waals surface area contributed by atoms with E-state index >= 15 is 0 Å². The largest absolute Gasteiger partial charge is 0.497 e. The Morgan fingerprint density at radius 1 is 0.844 bits per heavy atom. The molecule has 1 unspecified atom stereocenters. The fourth-order valence-corrected chi connectivity index (χ4v) is 4.84. The Morgan fingerprint density at radius 3 is 1.84 bits per heavy atom. The van der Waals surface area contributed by atoms with Crippen LogP contribution in [-0.4, -0.2) is 24.5 Å². The lowest BCUT2D eigenvalue weighted by Crippen LogP contribution is -2.34. The van der Waals surface area contributed by atoms with Crippen molar-refractivity contribution in [3.63, 3.8) is 0 Å². The molecule has 0 saturated carbocycles. The number of cyclic esters (lactones) is 1. The zero-order valence-corrected chi connectivity index (χ0v) is 29.8. The number of carbonyl (C=O) groups excluding carboxylic acids is 2. The highest BCUT2D eigenvalue weighted by Crippen LogP contribution is 2.41. The van der Waals surface area contributed by atoms with Crippen LogP contribution in [0.15, 0.2) is 59.7 Å². The summed E-state index contributed by atoms with van der Waals surface area (Å²) in [5.41, 5.74) is 2.62. The van der Waals surface area contributed by atoms with Crippen molar-refractivity contribution >= 4 is 11.8 Å². The van der Waals surface area contributed by atoms with Crippen LogP contribution in [0, 0.1) is 6.92 Å². The van der Waals surface area contributed by atoms with Crippen molar-refractivity contribution in [2.75, 3.05) is 7.11 Å². The minimum Gasteiger partial charge on any atom is -0.497 e. The summed E-state index contributed by atoms with van der Waals surface area (Å²) in [6, 6.07) is 14.5. The molecule has 0 saturated heterocycles. The van der Waals surface area contributed by atoms with Gasteiger partial charge in [0.25, 0.3) is 5.92 Å². The van der Waals surface area contributed by atoms with E-state index in [1.807, 2.05) is 12.1 Å². The van der Waals surface area contributed by atoms with E-state index in [2.05, 4.69) is 46.8 Å². The highest BCUT2D eigenvalue weighted by Gasteiger charge is 2.46. The average Bonchev–Trinajstić information content (AvgIpc) is 3.26. The van der Waals surface area contributed by atoms with Gasteiger partial charge < -0.3 is 9.47 Å². The van der Waals surface area contributed by atoms with Crippen molar-refractivity contribution in [1.82, 2.24) is 0 Å². The van der Waals surface area contributed by atoms with Gasteiger partial charge in [0.1, 0.15) is 11.4 Å². The molecule has 1 aliphatic rings. The van der Waals surface area contributed by atoms with E-state index in [-0.39, 0.29) is 17.3 Å². The summed E-state index contributed by atoms with van der Waals surface area (Å²) in [5, 5.41) is 0. The monoisotopic (exact) mass is 630 g/mol. The second-order valence-corrected chi connectivity index (χ2v) is 11.9. The molecule has 6 heteroatoms. The smallest absolute Gasteiger partial charge is 0.335 e. The fourth-order valence-electron chi connectivity index (χ4n) is 4.84. The summed E-state index contributed by atoms with van der Waals surface area (Å²) in [5.74, 6) is -2.22. The van der Waals surface area contributed by atoms with Crippen LogP contribution in [0.3, 0.4) is 0 Å². The lowest BCUT2D eigenvalue weighted by Gasteiger charge is -2.30. The van der Waals surface area contributed by atoms with Crippen LogP contribution in [0.2, 0.25) is 0 Å². The highest BCUT2D eigenvalue weighted by molar-refractivity contribution is 6.07. The Kier molecular flexibility index (Phi) is 21.0. The molecule has 0 N–H and O–H groups in total. The number of aryl methyl sites for hydroxylation is 2. The van der Waals surface area contributed by atoms with E-state index < -0.39 is 11.5 Å². The number of alkyl halides is 2. The number of unbranched alkanes of at least 4 members (excludes halogenated alkanes) is 4. The molecule has 1 atom stereocenters. The topological polar surface area (TPSA) is 52.6 Å². The third-order valence-electron chi connectivity index (χ3n) is 7.66. The van der Waals surface area contributed by atoms with Gasteiger partial charge in [-0.25, -0.2) is 13.6 Å². The third-order valence-corrected chi connectivity index (χ3v) is 7.66. The van der Waals surface area contributed by atoms with Gasteiger partial charge in [-0.15, -0.1) is 0 Å². The lowest BCUT2D eigenvalue weighted by molar-refractivity contribution is -0.148. The van der Waals surface area contributed by atoms with Crippen molar-refractivity contribution in [3.05, 3.63) is 76.4 Å². The van der Waals surface area contributed by atoms with Crippen molar-refractivity contribution in [2.45, 2.75) is 144 Å². The maximum Gasteiger partial charge on any atom is 0.335 e. The van der Waals surface area contributed by atoms with Gasteiger partial charge in [0.05, 0.1) is 7.11 Å². The second kappa shape index (κ2) is 22.5. The number of halogens is 2. The van der Waals surface area contributed by atoms with Crippen LogP contribution in [0.4, 0.5) is 8.78 Å².